The fourth-order valence-electron chi connectivity index (χ4n) is 4.47. The fourth-order valence-corrected chi connectivity index (χ4v) is 6.49. The van der Waals surface area contributed by atoms with Crippen molar-refractivity contribution in [3.8, 4) is 0 Å². The lowest BCUT2D eigenvalue weighted by Crippen LogP contribution is -2.51. The van der Waals surface area contributed by atoms with Gasteiger partial charge in [0, 0.05) is 36.9 Å². The van der Waals surface area contributed by atoms with Crippen molar-refractivity contribution in [3.63, 3.8) is 0 Å². The molecule has 38 heavy (non-hydrogen) atoms. The van der Waals surface area contributed by atoms with Crippen molar-refractivity contribution < 1.29 is 22.8 Å². The summed E-state index contributed by atoms with van der Waals surface area (Å²) in [6.07, 6.45) is 0.0104. The van der Waals surface area contributed by atoms with Crippen LogP contribution in [-0.2, 0) is 32.6 Å². The molecule has 0 saturated carbocycles. The molecule has 1 unspecified atom stereocenters. The Kier molecular flexibility index (Phi) is 8.63. The highest BCUT2D eigenvalue weighted by Crippen LogP contribution is 2.30. The molecule has 1 aliphatic heterocycles. The first-order chi connectivity index (χ1) is 18.2. The molecule has 3 amide bonds. The van der Waals surface area contributed by atoms with Crippen LogP contribution in [0.3, 0.4) is 0 Å². The minimum Gasteiger partial charge on any atom is -0.355 e. The largest absolute Gasteiger partial charge is 0.355 e. The summed E-state index contributed by atoms with van der Waals surface area (Å²) < 4.78 is 27.5. The average Bonchev–Trinajstić information content (AvgIpc) is 3.10. The van der Waals surface area contributed by atoms with Gasteiger partial charge in [0.1, 0.15) is 10.9 Å². The van der Waals surface area contributed by atoms with Crippen LogP contribution in [0.4, 0.5) is 0 Å². The molecule has 0 saturated heterocycles. The van der Waals surface area contributed by atoms with Crippen LogP contribution in [0.15, 0.2) is 88.2 Å². The molecule has 0 radical (unpaired) electrons. The van der Waals surface area contributed by atoms with Crippen LogP contribution >= 0.6 is 15.9 Å². The van der Waals surface area contributed by atoms with E-state index in [2.05, 4.69) is 21.2 Å². The number of rotatable bonds is 10. The Balaban J connectivity index is 1.62. The number of benzene rings is 3. The topological polar surface area (TPSA) is 104 Å². The number of amides is 3. The van der Waals surface area contributed by atoms with Crippen LogP contribution in [-0.4, -0.2) is 54.5 Å². The number of carbonyl (C=O) groups excluding carboxylic acids is 3. The van der Waals surface area contributed by atoms with Gasteiger partial charge in [-0.25, -0.2) is 12.7 Å². The van der Waals surface area contributed by atoms with E-state index in [0.717, 1.165) is 19.9 Å². The predicted molar refractivity (Wildman–Crippen MR) is 147 cm³/mol. The summed E-state index contributed by atoms with van der Waals surface area (Å²) in [7, 11) is -4.05. The number of nitrogens with zero attached hydrogens (tertiary/aromatic N) is 2. The maximum Gasteiger partial charge on any atom is 0.269 e. The van der Waals surface area contributed by atoms with E-state index in [-0.39, 0.29) is 42.3 Å². The zero-order valence-corrected chi connectivity index (χ0v) is 23.2. The predicted octanol–water partition coefficient (Wildman–Crippen LogP) is 3.76. The summed E-state index contributed by atoms with van der Waals surface area (Å²) in [5.41, 5.74) is 1.77. The molecule has 1 aliphatic rings. The smallest absolute Gasteiger partial charge is 0.269 e. The molecule has 0 aromatic heterocycles. The van der Waals surface area contributed by atoms with Crippen LogP contribution in [0.25, 0.3) is 0 Å². The van der Waals surface area contributed by atoms with Gasteiger partial charge in [0.15, 0.2) is 0 Å². The Morgan fingerprint density at radius 2 is 1.66 bits per heavy atom. The molecule has 1 heterocycles. The molecule has 0 spiro atoms. The van der Waals surface area contributed by atoms with Gasteiger partial charge in [-0.05, 0) is 42.3 Å². The lowest BCUT2D eigenvalue weighted by Gasteiger charge is -2.32. The quantitative estimate of drug-likeness (QED) is 0.383. The molecule has 1 atom stereocenters. The van der Waals surface area contributed by atoms with Crippen LogP contribution in [0.2, 0.25) is 0 Å². The van der Waals surface area contributed by atoms with E-state index in [0.29, 0.717) is 6.54 Å². The zero-order chi connectivity index (χ0) is 27.3. The second-order valence-electron chi connectivity index (χ2n) is 8.88. The second kappa shape index (κ2) is 11.9. The third-order valence-corrected chi connectivity index (χ3v) is 8.64. The third kappa shape index (κ3) is 5.97. The van der Waals surface area contributed by atoms with Crippen molar-refractivity contribution in [1.82, 2.24) is 14.5 Å². The lowest BCUT2D eigenvalue weighted by molar-refractivity contribution is -0.141. The normalized spacial score (nSPS) is 14.6. The van der Waals surface area contributed by atoms with E-state index >= 15 is 0 Å². The lowest BCUT2D eigenvalue weighted by atomic mass is 10.0. The highest BCUT2D eigenvalue weighted by atomic mass is 79.9. The van der Waals surface area contributed by atoms with E-state index in [1.54, 1.807) is 19.1 Å². The summed E-state index contributed by atoms with van der Waals surface area (Å²) in [5, 5.41) is 2.83. The first-order valence-electron chi connectivity index (χ1n) is 12.2. The molecule has 198 valence electrons. The summed E-state index contributed by atoms with van der Waals surface area (Å²) in [6.45, 7) is 2.01. The first kappa shape index (κ1) is 27.5. The Morgan fingerprint density at radius 3 is 2.34 bits per heavy atom. The van der Waals surface area contributed by atoms with Crippen molar-refractivity contribution in [2.45, 2.75) is 37.2 Å². The molecule has 3 aromatic carbocycles. The van der Waals surface area contributed by atoms with Gasteiger partial charge in [0.25, 0.3) is 15.9 Å². The SMILES string of the molecule is CCNC(=O)C(Cc1ccccc1)N(Cc1cccc(Br)c1)C(=O)CCN1C(=O)c2ccccc2S1(=O)=O. The molecular formula is C28H28BrN3O5S. The molecular weight excluding hydrogens is 570 g/mol. The number of likely N-dealkylation sites (N-methyl/N-ethyl adjacent to an activating group) is 1. The van der Waals surface area contributed by atoms with E-state index in [4.69, 9.17) is 0 Å². The van der Waals surface area contributed by atoms with Crippen LogP contribution < -0.4 is 5.32 Å². The molecule has 3 aromatic rings. The van der Waals surface area contributed by atoms with Gasteiger partial charge in [0.2, 0.25) is 11.8 Å². The summed E-state index contributed by atoms with van der Waals surface area (Å²) in [6, 6.07) is 22.0. The van der Waals surface area contributed by atoms with E-state index in [9.17, 15) is 22.8 Å². The molecule has 1 N–H and O–H groups in total. The highest BCUT2D eigenvalue weighted by molar-refractivity contribution is 9.10. The van der Waals surface area contributed by atoms with Crippen molar-refractivity contribution >= 4 is 43.7 Å². The molecule has 0 aliphatic carbocycles. The van der Waals surface area contributed by atoms with Gasteiger partial charge in [-0.2, -0.15) is 0 Å². The van der Waals surface area contributed by atoms with Gasteiger partial charge in [-0.1, -0.05) is 70.5 Å². The number of carbonyl (C=O) groups is 3. The maximum atomic E-state index is 13.7. The Hall–Kier alpha value is -3.50. The van der Waals surface area contributed by atoms with Gasteiger partial charge in [0.05, 0.1) is 5.56 Å². The molecule has 8 nitrogen and oxygen atoms in total. The number of fused-ring (bicyclic) bond motifs is 1. The van der Waals surface area contributed by atoms with E-state index in [1.807, 2.05) is 54.6 Å². The van der Waals surface area contributed by atoms with E-state index < -0.39 is 27.9 Å². The summed E-state index contributed by atoms with van der Waals surface area (Å²) in [5.74, 6) is -1.40. The Morgan fingerprint density at radius 1 is 0.974 bits per heavy atom. The standard InChI is InChI=1S/C28H28BrN3O5S/c1-2-30-27(34)24(18-20-9-4-3-5-10-20)31(19-21-11-8-12-22(29)17-21)26(33)15-16-32-28(35)23-13-6-7-14-25(23)38(32,36)37/h3-14,17,24H,2,15-16,18-19H2,1H3,(H,30,34). The number of halogens is 1. The summed E-state index contributed by atoms with van der Waals surface area (Å²) >= 11 is 3.45. The minimum absolute atomic E-state index is 0.0623. The first-order valence-corrected chi connectivity index (χ1v) is 14.5. The van der Waals surface area contributed by atoms with Gasteiger partial charge >= 0.3 is 0 Å². The second-order valence-corrected chi connectivity index (χ2v) is 11.6. The molecule has 0 fully saturated rings. The number of sulfonamides is 1. The van der Waals surface area contributed by atoms with Crippen molar-refractivity contribution in [2.75, 3.05) is 13.1 Å². The Labute approximate surface area is 230 Å². The van der Waals surface area contributed by atoms with E-state index in [1.165, 1.54) is 17.0 Å². The maximum absolute atomic E-state index is 13.7. The van der Waals surface area contributed by atoms with Crippen molar-refractivity contribution in [3.05, 3.63) is 100 Å². The average molecular weight is 599 g/mol. The number of hydrogen-bond donors (Lipinski definition) is 1. The van der Waals surface area contributed by atoms with Crippen molar-refractivity contribution in [2.24, 2.45) is 0 Å². The molecule has 10 heteroatoms. The fraction of sp³-hybridized carbons (Fsp3) is 0.250. The van der Waals surface area contributed by atoms with Crippen molar-refractivity contribution in [1.29, 1.82) is 0 Å². The minimum atomic E-state index is -4.05. The van der Waals surface area contributed by atoms with Crippen LogP contribution in [0, 0.1) is 0 Å². The monoisotopic (exact) mass is 597 g/mol. The highest BCUT2D eigenvalue weighted by Gasteiger charge is 2.41. The molecule has 0 bridgehead atoms. The Bertz CT molecular complexity index is 1450. The van der Waals surface area contributed by atoms with Gasteiger partial charge < -0.3 is 10.2 Å². The number of nitrogens with one attached hydrogen (secondary N) is 1. The van der Waals surface area contributed by atoms with Gasteiger partial charge in [-0.15, -0.1) is 0 Å². The van der Waals surface area contributed by atoms with Crippen LogP contribution in [0.1, 0.15) is 34.8 Å². The van der Waals surface area contributed by atoms with Crippen LogP contribution in [0.5, 0.6) is 0 Å². The molecule has 4 rings (SSSR count). The summed E-state index contributed by atoms with van der Waals surface area (Å²) in [4.78, 5) is 41.2. The van der Waals surface area contributed by atoms with Gasteiger partial charge in [-0.3, -0.25) is 14.4 Å². The number of hydrogen-bond acceptors (Lipinski definition) is 5. The third-order valence-electron chi connectivity index (χ3n) is 6.30. The zero-order valence-electron chi connectivity index (χ0n) is 20.8.